The van der Waals surface area contributed by atoms with E-state index in [9.17, 15) is 4.79 Å². The second-order valence-corrected chi connectivity index (χ2v) is 4.86. The first-order valence-electron chi connectivity index (χ1n) is 6.97. The fourth-order valence-electron chi connectivity index (χ4n) is 2.27. The Balaban J connectivity index is 1.79. The molecule has 1 aliphatic heterocycles. The minimum absolute atomic E-state index is 0.130. The number of nitriles is 1. The van der Waals surface area contributed by atoms with E-state index in [0.29, 0.717) is 12.1 Å². The smallest absolute Gasteiger partial charge is 0.241 e. The lowest BCUT2D eigenvalue weighted by Crippen LogP contribution is -2.49. The largest absolute Gasteiger partial charge is 0.376 e. The van der Waals surface area contributed by atoms with Crippen LogP contribution in [0.3, 0.4) is 0 Å². The van der Waals surface area contributed by atoms with Gasteiger partial charge in [0.1, 0.15) is 0 Å². The van der Waals surface area contributed by atoms with Crippen molar-refractivity contribution in [2.45, 2.75) is 6.92 Å². The number of nitrogens with zero attached hydrogens (tertiary/aromatic N) is 3. The van der Waals surface area contributed by atoms with Gasteiger partial charge in [-0.25, -0.2) is 0 Å². The molecule has 2 rings (SSSR count). The molecule has 0 aromatic heterocycles. The summed E-state index contributed by atoms with van der Waals surface area (Å²) in [7, 11) is 0. The molecule has 106 valence electrons. The van der Waals surface area contributed by atoms with Crippen LogP contribution in [-0.4, -0.2) is 55.0 Å². The molecular formula is C15H20N4O. The Bertz CT molecular complexity index is 484. The van der Waals surface area contributed by atoms with Crippen LogP contribution in [0.25, 0.3) is 0 Å². The molecule has 0 spiro atoms. The lowest BCUT2D eigenvalue weighted by atomic mass is 10.2. The summed E-state index contributed by atoms with van der Waals surface area (Å²) in [6, 6.07) is 9.20. The third-order valence-corrected chi connectivity index (χ3v) is 3.63. The van der Waals surface area contributed by atoms with E-state index in [4.69, 9.17) is 5.26 Å². The summed E-state index contributed by atoms with van der Waals surface area (Å²) >= 11 is 0. The van der Waals surface area contributed by atoms with Crippen molar-refractivity contribution in [3.63, 3.8) is 0 Å². The van der Waals surface area contributed by atoms with Gasteiger partial charge in [0, 0.05) is 31.9 Å². The normalized spacial score (nSPS) is 15.7. The van der Waals surface area contributed by atoms with Gasteiger partial charge >= 0.3 is 0 Å². The number of amides is 1. The highest BCUT2D eigenvalue weighted by molar-refractivity contribution is 5.81. The molecule has 0 atom stereocenters. The maximum atomic E-state index is 12.1. The number of hydrogen-bond acceptors (Lipinski definition) is 4. The second-order valence-electron chi connectivity index (χ2n) is 4.86. The highest BCUT2D eigenvalue weighted by Gasteiger charge is 2.19. The van der Waals surface area contributed by atoms with Crippen LogP contribution in [0.4, 0.5) is 5.69 Å². The number of carbonyl (C=O) groups excluding carboxylic acids is 1. The van der Waals surface area contributed by atoms with Crippen LogP contribution in [0.2, 0.25) is 0 Å². The lowest BCUT2D eigenvalue weighted by molar-refractivity contribution is -0.131. The Morgan fingerprint density at radius 1 is 1.25 bits per heavy atom. The maximum absolute atomic E-state index is 12.1. The van der Waals surface area contributed by atoms with E-state index in [0.717, 1.165) is 38.4 Å². The van der Waals surface area contributed by atoms with Gasteiger partial charge in [-0.3, -0.25) is 4.79 Å². The van der Waals surface area contributed by atoms with Gasteiger partial charge in [0.15, 0.2) is 0 Å². The summed E-state index contributed by atoms with van der Waals surface area (Å²) in [5, 5.41) is 11.8. The molecule has 1 N–H and O–H groups in total. The molecule has 5 nitrogen and oxygen atoms in total. The molecule has 0 bridgehead atoms. The van der Waals surface area contributed by atoms with Crippen molar-refractivity contribution in [2.75, 3.05) is 44.6 Å². The van der Waals surface area contributed by atoms with Crippen molar-refractivity contribution in [1.29, 1.82) is 5.26 Å². The lowest BCUT2D eigenvalue weighted by Gasteiger charge is -2.34. The van der Waals surface area contributed by atoms with Crippen molar-refractivity contribution >= 4 is 11.6 Å². The van der Waals surface area contributed by atoms with Crippen molar-refractivity contribution < 1.29 is 4.79 Å². The van der Waals surface area contributed by atoms with Gasteiger partial charge in [-0.15, -0.1) is 0 Å². The minimum Gasteiger partial charge on any atom is -0.376 e. The second kappa shape index (κ2) is 6.92. The highest BCUT2D eigenvalue weighted by atomic mass is 16.2. The van der Waals surface area contributed by atoms with Crippen molar-refractivity contribution in [2.24, 2.45) is 0 Å². The zero-order valence-electron chi connectivity index (χ0n) is 11.8. The molecule has 1 aromatic rings. The number of rotatable bonds is 4. The molecule has 0 saturated carbocycles. The van der Waals surface area contributed by atoms with Gasteiger partial charge in [0.25, 0.3) is 0 Å². The number of nitrogens with one attached hydrogen (secondary N) is 1. The van der Waals surface area contributed by atoms with Crippen molar-refractivity contribution in [3.8, 4) is 6.07 Å². The zero-order chi connectivity index (χ0) is 14.4. The number of benzene rings is 1. The van der Waals surface area contributed by atoms with E-state index >= 15 is 0 Å². The van der Waals surface area contributed by atoms with Crippen molar-refractivity contribution in [3.05, 3.63) is 29.8 Å². The Morgan fingerprint density at radius 3 is 2.45 bits per heavy atom. The van der Waals surface area contributed by atoms with Gasteiger partial charge in [-0.05, 0) is 30.8 Å². The average molecular weight is 272 g/mol. The standard InChI is InChI=1S/C15H20N4O/c1-2-18-7-9-19(10-8-18)15(20)12-17-14-5-3-13(11-16)4-6-14/h3-6,17H,2,7-10,12H2,1H3. The average Bonchev–Trinajstić information content (AvgIpc) is 2.53. The number of carbonyl (C=O) groups is 1. The van der Waals surface area contributed by atoms with Gasteiger partial charge in [0.2, 0.25) is 5.91 Å². The molecule has 1 saturated heterocycles. The molecule has 0 unspecified atom stereocenters. The van der Waals surface area contributed by atoms with Crippen LogP contribution in [0.15, 0.2) is 24.3 Å². The molecule has 1 aliphatic rings. The first-order valence-corrected chi connectivity index (χ1v) is 6.97. The summed E-state index contributed by atoms with van der Waals surface area (Å²) in [6.07, 6.45) is 0. The van der Waals surface area contributed by atoms with E-state index in [1.807, 2.05) is 17.0 Å². The molecular weight excluding hydrogens is 252 g/mol. The predicted molar refractivity (Wildman–Crippen MR) is 78.3 cm³/mol. The molecule has 0 radical (unpaired) electrons. The maximum Gasteiger partial charge on any atom is 0.241 e. The van der Waals surface area contributed by atoms with Crippen molar-refractivity contribution in [1.82, 2.24) is 9.80 Å². The molecule has 1 amide bonds. The van der Waals surface area contributed by atoms with Gasteiger partial charge in [0.05, 0.1) is 18.2 Å². The fourth-order valence-corrected chi connectivity index (χ4v) is 2.27. The Hall–Kier alpha value is -2.06. The van der Waals surface area contributed by atoms with Crippen LogP contribution < -0.4 is 5.32 Å². The third-order valence-electron chi connectivity index (χ3n) is 3.63. The van der Waals surface area contributed by atoms with Gasteiger partial charge < -0.3 is 15.1 Å². The summed E-state index contributed by atoms with van der Waals surface area (Å²) in [4.78, 5) is 16.3. The highest BCUT2D eigenvalue weighted by Crippen LogP contribution is 2.09. The predicted octanol–water partition coefficient (Wildman–Crippen LogP) is 1.13. The number of hydrogen-bond donors (Lipinski definition) is 1. The first-order chi connectivity index (χ1) is 9.72. The van der Waals surface area contributed by atoms with E-state index in [1.165, 1.54) is 0 Å². The topological polar surface area (TPSA) is 59.4 Å². The molecule has 20 heavy (non-hydrogen) atoms. The quantitative estimate of drug-likeness (QED) is 0.893. The van der Waals surface area contributed by atoms with Crippen LogP contribution in [0.5, 0.6) is 0 Å². The Morgan fingerprint density at radius 2 is 1.90 bits per heavy atom. The number of piperazine rings is 1. The number of anilines is 1. The van der Waals surface area contributed by atoms with E-state index in [-0.39, 0.29) is 5.91 Å². The first kappa shape index (κ1) is 14.4. The molecule has 1 aromatic carbocycles. The summed E-state index contributed by atoms with van der Waals surface area (Å²) in [5.74, 6) is 0.130. The molecule has 1 fully saturated rings. The van der Waals surface area contributed by atoms with Crippen LogP contribution in [0, 0.1) is 11.3 Å². The number of likely N-dealkylation sites (N-methyl/N-ethyl adjacent to an activating group) is 1. The Kier molecular flexibility index (Phi) is 4.97. The Labute approximate surface area is 119 Å². The molecule has 0 aliphatic carbocycles. The minimum atomic E-state index is 0.130. The SMILES string of the molecule is CCN1CCN(C(=O)CNc2ccc(C#N)cc2)CC1. The van der Waals surface area contributed by atoms with E-state index in [2.05, 4.69) is 23.2 Å². The fraction of sp³-hybridized carbons (Fsp3) is 0.467. The third kappa shape index (κ3) is 3.72. The zero-order valence-corrected chi connectivity index (χ0v) is 11.8. The summed E-state index contributed by atoms with van der Waals surface area (Å²) in [6.45, 7) is 7.02. The van der Waals surface area contributed by atoms with Crippen LogP contribution >= 0.6 is 0 Å². The molecule has 5 heteroatoms. The summed E-state index contributed by atoms with van der Waals surface area (Å²) < 4.78 is 0. The van der Waals surface area contributed by atoms with Gasteiger partial charge in [-0.1, -0.05) is 6.92 Å². The van der Waals surface area contributed by atoms with Crippen LogP contribution in [0.1, 0.15) is 12.5 Å². The van der Waals surface area contributed by atoms with Crippen LogP contribution in [-0.2, 0) is 4.79 Å². The monoisotopic (exact) mass is 272 g/mol. The summed E-state index contributed by atoms with van der Waals surface area (Å²) in [5.41, 5.74) is 1.49. The van der Waals surface area contributed by atoms with E-state index in [1.54, 1.807) is 12.1 Å². The van der Waals surface area contributed by atoms with Gasteiger partial charge in [-0.2, -0.15) is 5.26 Å². The van der Waals surface area contributed by atoms with E-state index < -0.39 is 0 Å². The molecule has 1 heterocycles.